The molecular weight excluding hydrogens is 354 g/mol. The zero-order valence-electron chi connectivity index (χ0n) is 15.2. The van der Waals surface area contributed by atoms with E-state index in [9.17, 15) is 14.7 Å². The number of carboxylic acid groups (broad SMARTS) is 1. The van der Waals surface area contributed by atoms with E-state index in [0.717, 1.165) is 22.3 Å². The first-order valence-electron chi connectivity index (χ1n) is 8.94. The fourth-order valence-corrected chi connectivity index (χ4v) is 2.80. The molecule has 5 heteroatoms. The standard InChI is InChI=1S/C23H21NO4/c25-22(26)21(24-23(27)28-16-18-7-3-1-4-8-18)15-17-11-13-20(14-12-17)19-9-5-2-6-10-19/h1-14,21H,15-16H2,(H,24,27)(H,25,26)/p-1/t21-/m0/s1. The number of aliphatic carboxylic acids is 1. The summed E-state index contributed by atoms with van der Waals surface area (Å²) in [7, 11) is 0. The summed E-state index contributed by atoms with van der Waals surface area (Å²) in [6, 6.07) is 25.4. The van der Waals surface area contributed by atoms with Crippen LogP contribution in [0, 0.1) is 0 Å². The second-order valence-corrected chi connectivity index (χ2v) is 6.34. The summed E-state index contributed by atoms with van der Waals surface area (Å²) in [5.74, 6) is -1.36. The Bertz CT molecular complexity index is 908. The summed E-state index contributed by atoms with van der Waals surface area (Å²) in [5.41, 5.74) is 3.70. The minimum absolute atomic E-state index is 0.0677. The van der Waals surface area contributed by atoms with Crippen LogP contribution in [0.3, 0.4) is 0 Å². The third-order valence-corrected chi connectivity index (χ3v) is 4.29. The van der Waals surface area contributed by atoms with Crippen molar-refractivity contribution in [3.8, 4) is 11.1 Å². The number of hydrogen-bond acceptors (Lipinski definition) is 4. The van der Waals surface area contributed by atoms with E-state index in [1.807, 2.05) is 84.9 Å². The van der Waals surface area contributed by atoms with E-state index in [1.165, 1.54) is 0 Å². The smallest absolute Gasteiger partial charge is 0.408 e. The first kappa shape index (κ1) is 19.2. The highest BCUT2D eigenvalue weighted by atomic mass is 16.5. The first-order chi connectivity index (χ1) is 13.6. The summed E-state index contributed by atoms with van der Waals surface area (Å²) in [5, 5.41) is 13.8. The van der Waals surface area contributed by atoms with Crippen LogP contribution in [-0.4, -0.2) is 18.1 Å². The van der Waals surface area contributed by atoms with E-state index >= 15 is 0 Å². The van der Waals surface area contributed by atoms with Gasteiger partial charge in [0.2, 0.25) is 0 Å². The Kier molecular flexibility index (Phi) is 6.41. The van der Waals surface area contributed by atoms with Gasteiger partial charge in [-0.15, -0.1) is 0 Å². The van der Waals surface area contributed by atoms with Crippen LogP contribution in [0.2, 0.25) is 0 Å². The highest BCUT2D eigenvalue weighted by Gasteiger charge is 2.15. The summed E-state index contributed by atoms with van der Waals surface area (Å²) >= 11 is 0. The van der Waals surface area contributed by atoms with E-state index in [1.54, 1.807) is 0 Å². The van der Waals surface area contributed by atoms with Crippen LogP contribution in [0.1, 0.15) is 11.1 Å². The number of carboxylic acids is 1. The monoisotopic (exact) mass is 374 g/mol. The normalized spacial score (nSPS) is 11.4. The van der Waals surface area contributed by atoms with Crippen LogP contribution in [0.15, 0.2) is 84.9 Å². The maximum Gasteiger partial charge on any atom is 0.408 e. The molecule has 0 fully saturated rings. The third-order valence-electron chi connectivity index (χ3n) is 4.29. The van der Waals surface area contributed by atoms with Gasteiger partial charge in [-0.1, -0.05) is 84.9 Å². The zero-order chi connectivity index (χ0) is 19.8. The largest absolute Gasteiger partial charge is 0.548 e. The number of benzene rings is 3. The summed E-state index contributed by atoms with van der Waals surface area (Å²) in [6.45, 7) is 0.0677. The number of amides is 1. The predicted molar refractivity (Wildman–Crippen MR) is 104 cm³/mol. The van der Waals surface area contributed by atoms with Crippen LogP contribution < -0.4 is 10.4 Å². The van der Waals surface area contributed by atoms with Crippen molar-refractivity contribution in [2.24, 2.45) is 0 Å². The number of ether oxygens (including phenoxy) is 1. The summed E-state index contributed by atoms with van der Waals surface area (Å²) < 4.78 is 5.08. The number of hydrogen-bond donors (Lipinski definition) is 1. The molecule has 0 aromatic heterocycles. The lowest BCUT2D eigenvalue weighted by molar-refractivity contribution is -0.308. The number of alkyl carbamates (subject to hydrolysis) is 1. The molecule has 5 nitrogen and oxygen atoms in total. The second-order valence-electron chi connectivity index (χ2n) is 6.34. The minimum atomic E-state index is -1.36. The van der Waals surface area contributed by atoms with Crippen molar-refractivity contribution in [2.45, 2.75) is 19.1 Å². The lowest BCUT2D eigenvalue weighted by atomic mass is 10.0. The minimum Gasteiger partial charge on any atom is -0.548 e. The topological polar surface area (TPSA) is 78.5 Å². The zero-order valence-corrected chi connectivity index (χ0v) is 15.2. The van der Waals surface area contributed by atoms with Crippen molar-refractivity contribution in [1.29, 1.82) is 0 Å². The highest BCUT2D eigenvalue weighted by molar-refractivity contribution is 5.79. The van der Waals surface area contributed by atoms with Gasteiger partial charge in [-0.05, 0) is 28.7 Å². The van der Waals surface area contributed by atoms with Crippen molar-refractivity contribution in [2.75, 3.05) is 0 Å². The van der Waals surface area contributed by atoms with Crippen LogP contribution in [0.4, 0.5) is 4.79 Å². The predicted octanol–water partition coefficient (Wildman–Crippen LogP) is 2.94. The Morgan fingerprint density at radius 1 is 0.786 bits per heavy atom. The molecule has 0 radical (unpaired) electrons. The molecule has 0 heterocycles. The molecule has 1 atom stereocenters. The summed E-state index contributed by atoms with van der Waals surface area (Å²) in [6.07, 6.45) is -0.684. The van der Waals surface area contributed by atoms with Gasteiger partial charge >= 0.3 is 6.09 Å². The van der Waals surface area contributed by atoms with E-state index in [-0.39, 0.29) is 13.0 Å². The van der Waals surface area contributed by atoms with Crippen molar-refractivity contribution >= 4 is 12.1 Å². The van der Waals surface area contributed by atoms with E-state index in [4.69, 9.17) is 4.74 Å². The molecule has 3 aromatic carbocycles. The van der Waals surface area contributed by atoms with Crippen LogP contribution in [-0.2, 0) is 22.6 Å². The number of carbonyl (C=O) groups excluding carboxylic acids is 2. The van der Waals surface area contributed by atoms with Crippen molar-refractivity contribution in [3.63, 3.8) is 0 Å². The average Bonchev–Trinajstić information content (AvgIpc) is 2.73. The molecule has 3 aromatic rings. The summed E-state index contributed by atoms with van der Waals surface area (Å²) in [4.78, 5) is 23.4. The maximum atomic E-state index is 11.9. The second kappa shape index (κ2) is 9.37. The molecule has 0 aliphatic carbocycles. The molecule has 0 saturated heterocycles. The molecule has 0 aliphatic heterocycles. The third kappa shape index (κ3) is 5.45. The number of carbonyl (C=O) groups is 2. The van der Waals surface area contributed by atoms with Crippen LogP contribution in [0.5, 0.6) is 0 Å². The fourth-order valence-electron chi connectivity index (χ4n) is 2.80. The van der Waals surface area contributed by atoms with Gasteiger partial charge in [-0.2, -0.15) is 0 Å². The van der Waals surface area contributed by atoms with Gasteiger partial charge < -0.3 is 20.0 Å². The van der Waals surface area contributed by atoms with Gasteiger partial charge in [0.1, 0.15) is 6.61 Å². The van der Waals surface area contributed by atoms with Gasteiger partial charge in [0, 0.05) is 0 Å². The van der Waals surface area contributed by atoms with Gasteiger partial charge in [-0.25, -0.2) is 4.79 Å². The van der Waals surface area contributed by atoms with Crippen molar-refractivity contribution in [1.82, 2.24) is 5.32 Å². The molecule has 0 bridgehead atoms. The fraction of sp³-hybridized carbons (Fsp3) is 0.130. The average molecular weight is 374 g/mol. The van der Waals surface area contributed by atoms with E-state index in [2.05, 4.69) is 5.32 Å². The van der Waals surface area contributed by atoms with Gasteiger partial charge in [0.25, 0.3) is 0 Å². The first-order valence-corrected chi connectivity index (χ1v) is 8.94. The lowest BCUT2D eigenvalue weighted by Gasteiger charge is -2.19. The van der Waals surface area contributed by atoms with Gasteiger partial charge in [0.05, 0.1) is 12.0 Å². The Morgan fingerprint density at radius 2 is 1.36 bits per heavy atom. The molecule has 28 heavy (non-hydrogen) atoms. The quantitative estimate of drug-likeness (QED) is 0.690. The molecule has 0 spiro atoms. The van der Waals surface area contributed by atoms with E-state index < -0.39 is 18.1 Å². The Hall–Kier alpha value is -3.60. The maximum absolute atomic E-state index is 11.9. The van der Waals surface area contributed by atoms with Gasteiger partial charge in [-0.3, -0.25) is 0 Å². The van der Waals surface area contributed by atoms with E-state index in [0.29, 0.717) is 0 Å². The molecule has 1 N–H and O–H groups in total. The molecule has 0 aliphatic rings. The molecular formula is C23H20NO4-. The van der Waals surface area contributed by atoms with Crippen molar-refractivity contribution in [3.05, 3.63) is 96.1 Å². The Balaban J connectivity index is 1.58. The van der Waals surface area contributed by atoms with Crippen molar-refractivity contribution < 1.29 is 19.4 Å². The molecule has 1 amide bonds. The molecule has 0 saturated carbocycles. The molecule has 0 unspecified atom stereocenters. The van der Waals surface area contributed by atoms with Gasteiger partial charge in [0.15, 0.2) is 0 Å². The van der Waals surface area contributed by atoms with Crippen LogP contribution >= 0.6 is 0 Å². The Labute approximate surface area is 163 Å². The molecule has 3 rings (SSSR count). The highest BCUT2D eigenvalue weighted by Crippen LogP contribution is 2.19. The van der Waals surface area contributed by atoms with Crippen LogP contribution in [0.25, 0.3) is 11.1 Å². The molecule has 142 valence electrons. The number of rotatable bonds is 7. The lowest BCUT2D eigenvalue weighted by Crippen LogP contribution is -2.49. The number of nitrogens with one attached hydrogen (secondary N) is 1. The Morgan fingerprint density at radius 3 is 1.96 bits per heavy atom. The SMILES string of the molecule is O=C(N[C@@H](Cc1ccc(-c2ccccc2)cc1)C(=O)[O-])OCc1ccccc1.